The summed E-state index contributed by atoms with van der Waals surface area (Å²) < 4.78 is 0. The standard InChI is InChI=1S/C16H14O3.Na.H/c1-16(15(18)19,13-10-6-3-7-11-13)14(17)12-8-4-2-5-9-12;;/h2-11H,1H3,(H,18,19);;. The van der Waals surface area contributed by atoms with Crippen LogP contribution < -0.4 is 0 Å². The van der Waals surface area contributed by atoms with Crippen LogP contribution in [0.4, 0.5) is 0 Å². The number of hydrogen-bond acceptors (Lipinski definition) is 2. The van der Waals surface area contributed by atoms with Gasteiger partial charge < -0.3 is 5.11 Å². The van der Waals surface area contributed by atoms with Crippen molar-refractivity contribution in [2.45, 2.75) is 12.3 Å². The number of carboxylic acid groups (broad SMARTS) is 1. The van der Waals surface area contributed by atoms with Crippen LogP contribution in [0, 0.1) is 0 Å². The van der Waals surface area contributed by atoms with E-state index in [2.05, 4.69) is 0 Å². The molecule has 0 radical (unpaired) electrons. The van der Waals surface area contributed by atoms with E-state index in [1.54, 1.807) is 60.7 Å². The van der Waals surface area contributed by atoms with Crippen molar-refractivity contribution in [1.82, 2.24) is 0 Å². The molecule has 0 aliphatic carbocycles. The number of rotatable bonds is 4. The van der Waals surface area contributed by atoms with Crippen LogP contribution in [0.3, 0.4) is 0 Å². The second kappa shape index (κ2) is 6.84. The number of benzene rings is 2. The van der Waals surface area contributed by atoms with E-state index in [0.717, 1.165) is 0 Å². The third-order valence-corrected chi connectivity index (χ3v) is 3.27. The quantitative estimate of drug-likeness (QED) is 0.530. The van der Waals surface area contributed by atoms with E-state index >= 15 is 0 Å². The maximum absolute atomic E-state index is 12.5. The number of aliphatic carboxylic acids is 1. The Bertz CT molecular complexity index is 596. The van der Waals surface area contributed by atoms with E-state index in [4.69, 9.17) is 0 Å². The summed E-state index contributed by atoms with van der Waals surface area (Å²) in [6.07, 6.45) is 0. The summed E-state index contributed by atoms with van der Waals surface area (Å²) in [6.45, 7) is 1.44. The summed E-state index contributed by atoms with van der Waals surface area (Å²) >= 11 is 0. The van der Waals surface area contributed by atoms with Gasteiger partial charge in [0.25, 0.3) is 0 Å². The summed E-state index contributed by atoms with van der Waals surface area (Å²) in [4.78, 5) is 24.1. The Labute approximate surface area is 139 Å². The number of ketones is 1. The van der Waals surface area contributed by atoms with E-state index in [9.17, 15) is 14.7 Å². The fraction of sp³-hybridized carbons (Fsp3) is 0.125. The topological polar surface area (TPSA) is 54.4 Å². The van der Waals surface area contributed by atoms with Crippen LogP contribution in [-0.2, 0) is 10.2 Å². The molecule has 2 aromatic carbocycles. The zero-order chi connectivity index (χ0) is 13.9. The molecule has 0 fully saturated rings. The van der Waals surface area contributed by atoms with Gasteiger partial charge in [0.05, 0.1) is 0 Å². The molecule has 0 aliphatic heterocycles. The molecule has 20 heavy (non-hydrogen) atoms. The monoisotopic (exact) mass is 278 g/mol. The number of carbonyl (C=O) groups is 2. The maximum atomic E-state index is 12.5. The Kier molecular flexibility index (Phi) is 5.69. The van der Waals surface area contributed by atoms with Crippen LogP contribution in [0.2, 0.25) is 0 Å². The Morgan fingerprint density at radius 1 is 0.900 bits per heavy atom. The molecular formula is C16H15NaO3. The predicted octanol–water partition coefficient (Wildman–Crippen LogP) is 2.26. The van der Waals surface area contributed by atoms with E-state index in [1.165, 1.54) is 6.92 Å². The Hall–Kier alpha value is -1.42. The van der Waals surface area contributed by atoms with Gasteiger partial charge in [-0.25, -0.2) is 0 Å². The molecule has 0 heterocycles. The molecule has 1 atom stereocenters. The van der Waals surface area contributed by atoms with Gasteiger partial charge in [-0.05, 0) is 12.5 Å². The molecular weight excluding hydrogens is 263 g/mol. The second-order valence-corrected chi connectivity index (χ2v) is 4.49. The van der Waals surface area contributed by atoms with Crippen LogP contribution in [0.25, 0.3) is 0 Å². The fourth-order valence-electron chi connectivity index (χ4n) is 2.00. The van der Waals surface area contributed by atoms with Gasteiger partial charge in [0.1, 0.15) is 0 Å². The molecule has 0 saturated carbocycles. The van der Waals surface area contributed by atoms with Gasteiger partial charge in [0.2, 0.25) is 0 Å². The average Bonchev–Trinajstić information content (AvgIpc) is 2.47. The van der Waals surface area contributed by atoms with Gasteiger partial charge in [-0.1, -0.05) is 60.7 Å². The zero-order valence-electron chi connectivity index (χ0n) is 10.5. The predicted molar refractivity (Wildman–Crippen MR) is 79.4 cm³/mol. The Morgan fingerprint density at radius 2 is 1.35 bits per heavy atom. The van der Waals surface area contributed by atoms with Crippen LogP contribution in [0.5, 0.6) is 0 Å². The van der Waals surface area contributed by atoms with Crippen molar-refractivity contribution in [3.8, 4) is 0 Å². The van der Waals surface area contributed by atoms with Crippen LogP contribution in [0.1, 0.15) is 22.8 Å². The summed E-state index contributed by atoms with van der Waals surface area (Å²) in [5, 5.41) is 9.50. The van der Waals surface area contributed by atoms with E-state index in [0.29, 0.717) is 11.1 Å². The molecule has 0 aromatic heterocycles. The third kappa shape index (κ3) is 3.01. The molecule has 4 heteroatoms. The first-order valence-electron chi connectivity index (χ1n) is 5.95. The molecule has 0 bridgehead atoms. The summed E-state index contributed by atoms with van der Waals surface area (Å²) in [6, 6.07) is 17.1. The van der Waals surface area contributed by atoms with Crippen molar-refractivity contribution in [1.29, 1.82) is 0 Å². The van der Waals surface area contributed by atoms with Crippen molar-refractivity contribution in [3.63, 3.8) is 0 Å². The number of carboxylic acids is 1. The first-order valence-corrected chi connectivity index (χ1v) is 5.95. The second-order valence-electron chi connectivity index (χ2n) is 4.49. The molecule has 0 aliphatic rings. The van der Waals surface area contributed by atoms with E-state index < -0.39 is 17.2 Å². The molecule has 2 aromatic rings. The molecule has 0 saturated heterocycles. The fourth-order valence-corrected chi connectivity index (χ4v) is 2.00. The van der Waals surface area contributed by atoms with Crippen molar-refractivity contribution < 1.29 is 14.7 Å². The summed E-state index contributed by atoms with van der Waals surface area (Å²) in [7, 11) is 0. The van der Waals surface area contributed by atoms with E-state index in [1.807, 2.05) is 0 Å². The van der Waals surface area contributed by atoms with Crippen molar-refractivity contribution in [3.05, 3.63) is 71.8 Å². The Morgan fingerprint density at radius 3 is 1.80 bits per heavy atom. The average molecular weight is 278 g/mol. The first-order chi connectivity index (χ1) is 9.06. The van der Waals surface area contributed by atoms with Crippen molar-refractivity contribution in [2.75, 3.05) is 0 Å². The number of Topliss-reactive ketones (excluding diaryl/α,β-unsaturated/α-hetero) is 1. The third-order valence-electron chi connectivity index (χ3n) is 3.27. The first kappa shape index (κ1) is 16.6. The molecule has 98 valence electrons. The van der Waals surface area contributed by atoms with Crippen LogP contribution >= 0.6 is 0 Å². The summed E-state index contributed by atoms with van der Waals surface area (Å²) in [5.41, 5.74) is -0.685. The molecule has 0 spiro atoms. The van der Waals surface area contributed by atoms with Crippen molar-refractivity contribution in [2.24, 2.45) is 0 Å². The van der Waals surface area contributed by atoms with Crippen LogP contribution in [-0.4, -0.2) is 46.4 Å². The molecule has 1 N–H and O–H groups in total. The normalized spacial score (nSPS) is 12.8. The number of hydrogen-bond donors (Lipinski definition) is 1. The summed E-state index contributed by atoms with van der Waals surface area (Å²) in [5.74, 6) is -1.56. The van der Waals surface area contributed by atoms with Gasteiger partial charge in [0, 0.05) is 5.56 Å². The minimum absolute atomic E-state index is 0. The SMILES string of the molecule is CC(C(=O)O)(C(=O)c1ccccc1)c1ccccc1.[NaH]. The van der Waals surface area contributed by atoms with Gasteiger partial charge in [-0.15, -0.1) is 0 Å². The van der Waals surface area contributed by atoms with Crippen molar-refractivity contribution >= 4 is 41.3 Å². The Balaban J connectivity index is 0.00000200. The minimum atomic E-state index is -1.57. The van der Waals surface area contributed by atoms with E-state index in [-0.39, 0.29) is 29.6 Å². The molecule has 3 nitrogen and oxygen atoms in total. The van der Waals surface area contributed by atoms with Gasteiger partial charge in [0.15, 0.2) is 11.2 Å². The number of carbonyl (C=O) groups excluding carboxylic acids is 1. The molecule has 2 rings (SSSR count). The molecule has 0 amide bonds. The molecule has 1 unspecified atom stereocenters. The van der Waals surface area contributed by atoms with Gasteiger partial charge in [-0.2, -0.15) is 0 Å². The van der Waals surface area contributed by atoms with Crippen LogP contribution in [0.15, 0.2) is 60.7 Å². The van der Waals surface area contributed by atoms with Gasteiger partial charge >= 0.3 is 35.5 Å². The van der Waals surface area contributed by atoms with Gasteiger partial charge in [-0.3, -0.25) is 9.59 Å². The zero-order valence-corrected chi connectivity index (χ0v) is 10.5.